The van der Waals surface area contributed by atoms with E-state index in [1.807, 2.05) is 19.2 Å². The van der Waals surface area contributed by atoms with Crippen LogP contribution in [0.4, 0.5) is 5.69 Å². The molecule has 94 valence electrons. The van der Waals surface area contributed by atoms with Crippen LogP contribution < -0.4 is 5.32 Å². The van der Waals surface area contributed by atoms with Crippen molar-refractivity contribution in [2.75, 3.05) is 32.2 Å². The summed E-state index contributed by atoms with van der Waals surface area (Å²) in [6.07, 6.45) is 4.03. The average Bonchev–Trinajstić information content (AvgIpc) is 2.40. The summed E-state index contributed by atoms with van der Waals surface area (Å²) in [6.45, 7) is 3.16. The van der Waals surface area contributed by atoms with Crippen LogP contribution in [0.25, 0.3) is 0 Å². The Bertz CT molecular complexity index is 338. The van der Waals surface area contributed by atoms with Gasteiger partial charge in [-0.05, 0) is 30.9 Å². The van der Waals surface area contributed by atoms with Gasteiger partial charge in [0.15, 0.2) is 0 Å². The summed E-state index contributed by atoms with van der Waals surface area (Å²) in [7, 11) is 1.90. The Balaban J connectivity index is 1.73. The van der Waals surface area contributed by atoms with E-state index in [9.17, 15) is 0 Å². The van der Waals surface area contributed by atoms with E-state index >= 15 is 0 Å². The summed E-state index contributed by atoms with van der Waals surface area (Å²) in [5, 5.41) is 3.10. The monoisotopic (exact) mass is 236 g/mol. The number of nitrogens with zero attached hydrogens (tertiary/aromatic N) is 1. The normalized spacial score (nSPS) is 17.0. The fraction of sp³-hybridized carbons (Fsp3) is 0.615. The lowest BCUT2D eigenvalue weighted by Crippen LogP contribution is -2.20. The van der Waals surface area contributed by atoms with E-state index < -0.39 is 0 Å². The smallest absolute Gasteiger partial charge is 0.0888 e. The lowest BCUT2D eigenvalue weighted by molar-refractivity contribution is 0.0150. The van der Waals surface area contributed by atoms with E-state index in [1.54, 1.807) is 6.20 Å². The molecule has 1 aliphatic heterocycles. The molecule has 0 amide bonds. The van der Waals surface area contributed by atoms with Gasteiger partial charge in [-0.2, -0.15) is 0 Å². The van der Waals surface area contributed by atoms with Crippen LogP contribution in [0, 0.1) is 5.92 Å². The minimum atomic E-state index is 0.590. The van der Waals surface area contributed by atoms with Gasteiger partial charge in [0.25, 0.3) is 0 Å². The van der Waals surface area contributed by atoms with Crippen molar-refractivity contribution in [1.82, 2.24) is 4.98 Å². The second-order valence-electron chi connectivity index (χ2n) is 4.36. The molecular weight excluding hydrogens is 216 g/mol. The fourth-order valence-corrected chi connectivity index (χ4v) is 1.96. The van der Waals surface area contributed by atoms with Crippen LogP contribution in [0.1, 0.15) is 18.5 Å². The highest BCUT2D eigenvalue weighted by Crippen LogP contribution is 2.15. The molecule has 1 fully saturated rings. The first-order valence-electron chi connectivity index (χ1n) is 6.16. The van der Waals surface area contributed by atoms with Crippen molar-refractivity contribution < 1.29 is 9.47 Å². The van der Waals surface area contributed by atoms with Gasteiger partial charge in [0, 0.05) is 32.1 Å². The lowest BCUT2D eigenvalue weighted by atomic mass is 10.0. The average molecular weight is 236 g/mol. The Kier molecular flexibility index (Phi) is 4.76. The van der Waals surface area contributed by atoms with E-state index in [2.05, 4.69) is 10.3 Å². The van der Waals surface area contributed by atoms with Gasteiger partial charge in [0.2, 0.25) is 0 Å². The highest BCUT2D eigenvalue weighted by Gasteiger charge is 2.13. The molecule has 17 heavy (non-hydrogen) atoms. The van der Waals surface area contributed by atoms with Crippen LogP contribution in [0.3, 0.4) is 0 Å². The Morgan fingerprint density at radius 3 is 3.06 bits per heavy atom. The lowest BCUT2D eigenvalue weighted by Gasteiger charge is -2.21. The molecule has 0 aliphatic carbocycles. The van der Waals surface area contributed by atoms with Gasteiger partial charge in [-0.1, -0.05) is 0 Å². The summed E-state index contributed by atoms with van der Waals surface area (Å²) >= 11 is 0. The molecule has 0 unspecified atom stereocenters. The largest absolute Gasteiger partial charge is 0.388 e. The molecule has 1 aromatic heterocycles. The zero-order valence-electron chi connectivity index (χ0n) is 10.3. The van der Waals surface area contributed by atoms with Gasteiger partial charge in [-0.15, -0.1) is 0 Å². The van der Waals surface area contributed by atoms with Crippen molar-refractivity contribution in [3.05, 3.63) is 24.0 Å². The number of aromatic nitrogens is 1. The third kappa shape index (κ3) is 3.98. The molecule has 1 aromatic rings. The zero-order chi connectivity index (χ0) is 11.9. The van der Waals surface area contributed by atoms with Crippen molar-refractivity contribution >= 4 is 5.69 Å². The summed E-state index contributed by atoms with van der Waals surface area (Å²) in [4.78, 5) is 4.28. The molecule has 2 rings (SSSR count). The summed E-state index contributed by atoms with van der Waals surface area (Å²) in [6, 6.07) is 3.96. The number of ether oxygens (including phenoxy) is 2. The van der Waals surface area contributed by atoms with Crippen LogP contribution in [-0.4, -0.2) is 31.9 Å². The molecule has 1 aliphatic rings. The Hall–Kier alpha value is -1.13. The molecule has 0 aromatic carbocycles. The maximum Gasteiger partial charge on any atom is 0.0888 e. The van der Waals surface area contributed by atoms with Crippen molar-refractivity contribution in [1.29, 1.82) is 0 Å². The van der Waals surface area contributed by atoms with E-state index in [-0.39, 0.29) is 0 Å². The molecule has 2 heterocycles. The molecule has 4 heteroatoms. The predicted molar refractivity (Wildman–Crippen MR) is 67.0 cm³/mol. The maximum absolute atomic E-state index is 5.71. The van der Waals surface area contributed by atoms with E-state index in [0.29, 0.717) is 12.5 Å². The number of anilines is 1. The fourth-order valence-electron chi connectivity index (χ4n) is 1.96. The minimum Gasteiger partial charge on any atom is -0.388 e. The third-order valence-electron chi connectivity index (χ3n) is 3.05. The Morgan fingerprint density at radius 2 is 2.29 bits per heavy atom. The Morgan fingerprint density at radius 1 is 1.47 bits per heavy atom. The quantitative estimate of drug-likeness (QED) is 0.850. The van der Waals surface area contributed by atoms with Crippen molar-refractivity contribution in [3.8, 4) is 0 Å². The van der Waals surface area contributed by atoms with Crippen molar-refractivity contribution in [2.24, 2.45) is 5.92 Å². The molecule has 1 N–H and O–H groups in total. The second kappa shape index (κ2) is 6.57. The van der Waals surface area contributed by atoms with Crippen LogP contribution in [0.5, 0.6) is 0 Å². The molecule has 0 bridgehead atoms. The highest BCUT2D eigenvalue weighted by molar-refractivity contribution is 5.42. The third-order valence-corrected chi connectivity index (χ3v) is 3.05. The van der Waals surface area contributed by atoms with Gasteiger partial charge in [0.1, 0.15) is 0 Å². The van der Waals surface area contributed by atoms with E-state index in [4.69, 9.17) is 9.47 Å². The van der Waals surface area contributed by atoms with Crippen LogP contribution in [0.15, 0.2) is 18.3 Å². The molecule has 1 saturated heterocycles. The Labute approximate surface area is 102 Å². The molecular formula is C13H20N2O2. The second-order valence-corrected chi connectivity index (χ2v) is 4.36. The summed E-state index contributed by atoms with van der Waals surface area (Å²) < 4.78 is 11.0. The van der Waals surface area contributed by atoms with Gasteiger partial charge in [0.05, 0.1) is 18.9 Å². The van der Waals surface area contributed by atoms with Crippen molar-refractivity contribution in [3.63, 3.8) is 0 Å². The topological polar surface area (TPSA) is 43.4 Å². The molecule has 0 atom stereocenters. The SMILES string of the molecule is CNc1ccnc(COCC2CCOCC2)c1. The number of hydrogen-bond acceptors (Lipinski definition) is 4. The first-order chi connectivity index (χ1) is 8.38. The van der Waals surface area contributed by atoms with Gasteiger partial charge >= 0.3 is 0 Å². The van der Waals surface area contributed by atoms with Crippen LogP contribution in [-0.2, 0) is 16.1 Å². The predicted octanol–water partition coefficient (Wildman–Crippen LogP) is 2.07. The first kappa shape index (κ1) is 12.3. The summed E-state index contributed by atoms with van der Waals surface area (Å²) in [5.74, 6) is 0.649. The van der Waals surface area contributed by atoms with Crippen molar-refractivity contribution in [2.45, 2.75) is 19.4 Å². The molecule has 0 spiro atoms. The minimum absolute atomic E-state index is 0.590. The first-order valence-corrected chi connectivity index (χ1v) is 6.16. The molecule has 0 radical (unpaired) electrons. The molecule has 0 saturated carbocycles. The standard InChI is InChI=1S/C13H20N2O2/c1-14-12-2-5-15-13(8-12)10-17-9-11-3-6-16-7-4-11/h2,5,8,11H,3-4,6-7,9-10H2,1H3,(H,14,15). The van der Waals surface area contributed by atoms with Gasteiger partial charge in [-0.25, -0.2) is 0 Å². The van der Waals surface area contributed by atoms with Gasteiger partial charge in [-0.3, -0.25) is 4.98 Å². The number of pyridine rings is 1. The van der Waals surface area contributed by atoms with Crippen LogP contribution in [0.2, 0.25) is 0 Å². The molecule has 4 nitrogen and oxygen atoms in total. The number of nitrogens with one attached hydrogen (secondary N) is 1. The van der Waals surface area contributed by atoms with E-state index in [0.717, 1.165) is 44.0 Å². The van der Waals surface area contributed by atoms with Gasteiger partial charge < -0.3 is 14.8 Å². The van der Waals surface area contributed by atoms with E-state index in [1.165, 1.54) is 0 Å². The number of hydrogen-bond donors (Lipinski definition) is 1. The zero-order valence-corrected chi connectivity index (χ0v) is 10.3. The van der Waals surface area contributed by atoms with Crippen LogP contribution >= 0.6 is 0 Å². The number of rotatable bonds is 5. The summed E-state index contributed by atoms with van der Waals surface area (Å²) in [5.41, 5.74) is 2.05. The highest BCUT2D eigenvalue weighted by atomic mass is 16.5. The maximum atomic E-state index is 5.71.